The van der Waals surface area contributed by atoms with Gasteiger partial charge in [0.25, 0.3) is 5.91 Å². The summed E-state index contributed by atoms with van der Waals surface area (Å²) >= 11 is 0. The Bertz CT molecular complexity index is 763. The molecule has 3 heteroatoms. The zero-order valence-corrected chi connectivity index (χ0v) is 13.5. The van der Waals surface area contributed by atoms with Gasteiger partial charge in [0, 0.05) is 23.9 Å². The Hall–Kier alpha value is -2.55. The standard InChI is InChI=1S/C20H21NO2/c1-3-7-16-18(22)13-11-15-17(21(2)20(23)19(15)16)12-10-14-8-5-4-6-9-14/h4-6,8-9,11-13,22H,3,7,10H2,1-2H3/b17-12-. The smallest absolute Gasteiger partial charge is 0.259 e. The molecule has 0 radical (unpaired) electrons. The number of allylic oxidation sites excluding steroid dienone is 1. The van der Waals surface area contributed by atoms with Gasteiger partial charge in [-0.05, 0) is 30.5 Å². The Morgan fingerprint density at radius 2 is 1.87 bits per heavy atom. The van der Waals surface area contributed by atoms with E-state index in [0.717, 1.165) is 29.7 Å². The topological polar surface area (TPSA) is 40.5 Å². The van der Waals surface area contributed by atoms with Crippen molar-refractivity contribution in [3.63, 3.8) is 0 Å². The minimum atomic E-state index is -0.0290. The largest absolute Gasteiger partial charge is 0.508 e. The molecule has 118 valence electrons. The summed E-state index contributed by atoms with van der Waals surface area (Å²) in [4.78, 5) is 14.3. The Morgan fingerprint density at radius 3 is 2.57 bits per heavy atom. The Balaban J connectivity index is 2.02. The molecule has 0 atom stereocenters. The quantitative estimate of drug-likeness (QED) is 0.927. The van der Waals surface area contributed by atoms with Gasteiger partial charge in [-0.2, -0.15) is 0 Å². The number of fused-ring (bicyclic) bond motifs is 1. The van der Waals surface area contributed by atoms with E-state index in [9.17, 15) is 9.90 Å². The minimum absolute atomic E-state index is 0.0290. The van der Waals surface area contributed by atoms with E-state index in [1.807, 2.05) is 31.2 Å². The van der Waals surface area contributed by atoms with Gasteiger partial charge in [-0.3, -0.25) is 4.79 Å². The minimum Gasteiger partial charge on any atom is -0.508 e. The fourth-order valence-corrected chi connectivity index (χ4v) is 3.13. The molecule has 0 unspecified atom stereocenters. The van der Waals surface area contributed by atoms with E-state index in [4.69, 9.17) is 0 Å². The van der Waals surface area contributed by atoms with Crippen LogP contribution in [0, 0.1) is 0 Å². The van der Waals surface area contributed by atoms with E-state index < -0.39 is 0 Å². The van der Waals surface area contributed by atoms with E-state index >= 15 is 0 Å². The molecule has 3 rings (SSSR count). The normalized spacial score (nSPS) is 15.3. The van der Waals surface area contributed by atoms with Crippen LogP contribution in [0.4, 0.5) is 0 Å². The summed E-state index contributed by atoms with van der Waals surface area (Å²) in [5.74, 6) is 0.190. The molecular formula is C20H21NO2. The lowest BCUT2D eigenvalue weighted by atomic mass is 9.97. The van der Waals surface area contributed by atoms with Crippen molar-refractivity contribution < 1.29 is 9.90 Å². The van der Waals surface area contributed by atoms with Gasteiger partial charge in [-0.25, -0.2) is 0 Å². The van der Waals surface area contributed by atoms with Crippen molar-refractivity contribution in [2.24, 2.45) is 0 Å². The van der Waals surface area contributed by atoms with Crippen LogP contribution in [0.15, 0.2) is 48.5 Å². The molecule has 0 saturated heterocycles. The predicted octanol–water partition coefficient (Wildman–Crippen LogP) is 4.01. The van der Waals surface area contributed by atoms with Crippen LogP contribution >= 0.6 is 0 Å². The molecule has 0 fully saturated rings. The van der Waals surface area contributed by atoms with Gasteiger partial charge in [-0.15, -0.1) is 0 Å². The fourth-order valence-electron chi connectivity index (χ4n) is 3.13. The van der Waals surface area contributed by atoms with E-state index in [2.05, 4.69) is 18.2 Å². The molecule has 23 heavy (non-hydrogen) atoms. The Morgan fingerprint density at radius 1 is 1.13 bits per heavy atom. The summed E-state index contributed by atoms with van der Waals surface area (Å²) in [5.41, 5.74) is 4.49. The van der Waals surface area contributed by atoms with Crippen molar-refractivity contribution in [3.05, 3.63) is 70.8 Å². The maximum Gasteiger partial charge on any atom is 0.259 e. The van der Waals surface area contributed by atoms with Crippen LogP contribution in [-0.4, -0.2) is 23.0 Å². The van der Waals surface area contributed by atoms with E-state index in [1.54, 1.807) is 18.0 Å². The maximum absolute atomic E-state index is 12.6. The number of nitrogens with zero attached hydrogens (tertiary/aromatic N) is 1. The SMILES string of the molecule is CCCc1c(O)ccc2c1C(=O)N(C)/C2=C\Cc1ccccc1. The molecule has 1 aliphatic heterocycles. The molecule has 2 aromatic rings. The van der Waals surface area contributed by atoms with Gasteiger partial charge in [0.15, 0.2) is 0 Å². The summed E-state index contributed by atoms with van der Waals surface area (Å²) in [7, 11) is 1.80. The second kappa shape index (κ2) is 6.29. The lowest BCUT2D eigenvalue weighted by Crippen LogP contribution is -2.18. The predicted molar refractivity (Wildman–Crippen MR) is 92.3 cm³/mol. The number of aromatic hydroxyl groups is 1. The highest BCUT2D eigenvalue weighted by Crippen LogP contribution is 2.38. The van der Waals surface area contributed by atoms with Gasteiger partial charge < -0.3 is 10.0 Å². The summed E-state index contributed by atoms with van der Waals surface area (Å²) in [6.07, 6.45) is 4.47. The van der Waals surface area contributed by atoms with E-state index in [1.165, 1.54) is 5.56 Å². The molecule has 1 amide bonds. The monoisotopic (exact) mass is 307 g/mol. The van der Waals surface area contributed by atoms with Crippen molar-refractivity contribution in [2.45, 2.75) is 26.2 Å². The van der Waals surface area contributed by atoms with Gasteiger partial charge in [0.1, 0.15) is 5.75 Å². The molecule has 0 spiro atoms. The van der Waals surface area contributed by atoms with E-state index in [-0.39, 0.29) is 11.7 Å². The first-order valence-corrected chi connectivity index (χ1v) is 8.00. The third-order valence-electron chi connectivity index (χ3n) is 4.32. The van der Waals surface area contributed by atoms with Crippen LogP contribution in [0.5, 0.6) is 5.75 Å². The van der Waals surface area contributed by atoms with Crippen LogP contribution in [-0.2, 0) is 12.8 Å². The highest BCUT2D eigenvalue weighted by molar-refractivity contribution is 6.10. The van der Waals surface area contributed by atoms with Crippen LogP contribution in [0.1, 0.15) is 40.4 Å². The van der Waals surface area contributed by atoms with Crippen molar-refractivity contribution >= 4 is 11.6 Å². The average Bonchev–Trinajstić information content (AvgIpc) is 2.81. The van der Waals surface area contributed by atoms with Crippen LogP contribution < -0.4 is 0 Å². The third-order valence-corrected chi connectivity index (χ3v) is 4.32. The van der Waals surface area contributed by atoms with Gasteiger partial charge in [0.2, 0.25) is 0 Å². The molecule has 1 heterocycles. The van der Waals surface area contributed by atoms with Gasteiger partial charge in [-0.1, -0.05) is 49.8 Å². The van der Waals surface area contributed by atoms with Gasteiger partial charge in [0.05, 0.1) is 5.56 Å². The second-order valence-corrected chi connectivity index (χ2v) is 5.88. The molecule has 0 aromatic heterocycles. The molecule has 1 N–H and O–H groups in total. The number of phenols is 1. The van der Waals surface area contributed by atoms with Crippen molar-refractivity contribution in [1.29, 1.82) is 0 Å². The number of benzene rings is 2. The molecular weight excluding hydrogens is 286 g/mol. The lowest BCUT2D eigenvalue weighted by Gasteiger charge is -2.11. The number of amides is 1. The van der Waals surface area contributed by atoms with Crippen molar-refractivity contribution in [3.8, 4) is 5.75 Å². The zero-order valence-electron chi connectivity index (χ0n) is 13.5. The zero-order chi connectivity index (χ0) is 16.4. The number of phenolic OH excluding ortho intramolecular Hbond substituents is 1. The van der Waals surface area contributed by atoms with Crippen LogP contribution in [0.2, 0.25) is 0 Å². The summed E-state index contributed by atoms with van der Waals surface area (Å²) in [6.45, 7) is 2.05. The van der Waals surface area contributed by atoms with Crippen LogP contribution in [0.3, 0.4) is 0 Å². The molecule has 0 aliphatic carbocycles. The van der Waals surface area contributed by atoms with Crippen LogP contribution in [0.25, 0.3) is 5.70 Å². The summed E-state index contributed by atoms with van der Waals surface area (Å²) in [5, 5.41) is 10.1. The fraction of sp³-hybridized carbons (Fsp3) is 0.250. The highest BCUT2D eigenvalue weighted by atomic mass is 16.3. The van der Waals surface area contributed by atoms with Crippen molar-refractivity contribution in [2.75, 3.05) is 7.05 Å². The number of carbonyl (C=O) groups is 1. The summed E-state index contributed by atoms with van der Waals surface area (Å²) < 4.78 is 0. The lowest BCUT2D eigenvalue weighted by molar-refractivity contribution is 0.0873. The number of rotatable bonds is 4. The first kappa shape index (κ1) is 15.3. The number of hydrogen-bond donors (Lipinski definition) is 1. The third kappa shape index (κ3) is 2.74. The molecule has 1 aliphatic rings. The molecule has 2 aromatic carbocycles. The van der Waals surface area contributed by atoms with Gasteiger partial charge >= 0.3 is 0 Å². The maximum atomic E-state index is 12.6. The average molecular weight is 307 g/mol. The highest BCUT2D eigenvalue weighted by Gasteiger charge is 2.32. The Labute approximate surface area is 136 Å². The second-order valence-electron chi connectivity index (χ2n) is 5.88. The van der Waals surface area contributed by atoms with Crippen molar-refractivity contribution in [1.82, 2.24) is 4.90 Å². The number of carbonyl (C=O) groups excluding carboxylic acids is 1. The molecule has 0 saturated carbocycles. The molecule has 0 bridgehead atoms. The molecule has 3 nitrogen and oxygen atoms in total. The number of hydrogen-bond acceptors (Lipinski definition) is 2. The summed E-state index contributed by atoms with van der Waals surface area (Å²) in [6, 6.07) is 13.7. The first-order valence-electron chi connectivity index (χ1n) is 8.00. The Kier molecular flexibility index (Phi) is 4.20. The van der Waals surface area contributed by atoms with E-state index in [0.29, 0.717) is 12.0 Å². The first-order chi connectivity index (χ1) is 11.1.